The topological polar surface area (TPSA) is 224 Å². The minimum absolute atomic E-state index is 0.0326. The maximum atomic E-state index is 9.72. The van der Waals surface area contributed by atoms with Gasteiger partial charge in [0.2, 0.25) is 0 Å². The van der Waals surface area contributed by atoms with Gasteiger partial charge in [0.05, 0.1) is 67.8 Å². The van der Waals surface area contributed by atoms with Crippen molar-refractivity contribution in [2.45, 2.75) is 26.2 Å². The molecule has 0 aliphatic heterocycles. The number of aliphatic hydroxyl groups is 2. The van der Waals surface area contributed by atoms with Gasteiger partial charge in [-0.1, -0.05) is 24.3 Å². The molecular formula is C42H47N18O3+3. The average Bonchev–Trinajstić information content (AvgIpc) is 3.30. The molecule has 6 heterocycles. The molecule has 0 amide bonds. The van der Waals surface area contributed by atoms with Crippen LogP contribution in [-0.2, 0) is 40.3 Å². The number of nitrogens with zero attached hydrogens (tertiary/aromatic N) is 18. The SMILES string of the molecule is C[n+]1ccccc1N=NC=NN=c1ccccn1CCOc1ccn(Cc2ccn(CCO)c(=NN=CN=Nc3cccc[n+]3CCO)c2)c(=NN=CN=Nc2cccc[n+]2C)c1. The second kappa shape index (κ2) is 24.2. The van der Waals surface area contributed by atoms with Crippen molar-refractivity contribution in [1.82, 2.24) is 13.7 Å². The molecule has 0 unspecified atom stereocenters. The fourth-order valence-corrected chi connectivity index (χ4v) is 5.72. The molecule has 0 saturated carbocycles. The number of hydrogen-bond acceptors (Lipinski definition) is 12. The Bertz CT molecular complexity index is 2840. The molecule has 0 saturated heterocycles. The van der Waals surface area contributed by atoms with Crippen molar-refractivity contribution in [3.8, 4) is 5.75 Å². The Morgan fingerprint density at radius 2 is 1.13 bits per heavy atom. The molecule has 6 rings (SSSR count). The highest BCUT2D eigenvalue weighted by atomic mass is 16.5. The predicted octanol–water partition coefficient (Wildman–Crippen LogP) is 3.02. The molecule has 0 aromatic carbocycles. The Hall–Kier alpha value is -8.17. The molecule has 0 bridgehead atoms. The van der Waals surface area contributed by atoms with Gasteiger partial charge >= 0.3 is 17.5 Å². The third-order valence-corrected chi connectivity index (χ3v) is 8.86. The van der Waals surface area contributed by atoms with Gasteiger partial charge in [-0.05, 0) is 69.4 Å². The van der Waals surface area contributed by atoms with Crippen LogP contribution in [0.5, 0.6) is 5.75 Å². The van der Waals surface area contributed by atoms with Gasteiger partial charge in [-0.25, -0.2) is 13.7 Å². The van der Waals surface area contributed by atoms with Crippen molar-refractivity contribution in [3.63, 3.8) is 0 Å². The van der Waals surface area contributed by atoms with E-state index in [0.717, 1.165) is 5.56 Å². The van der Waals surface area contributed by atoms with E-state index in [2.05, 4.69) is 61.3 Å². The highest BCUT2D eigenvalue weighted by Crippen LogP contribution is 2.09. The van der Waals surface area contributed by atoms with E-state index < -0.39 is 0 Å². The largest absolute Gasteiger partial charge is 0.492 e. The summed E-state index contributed by atoms with van der Waals surface area (Å²) in [4.78, 5) is 0. The first-order valence-electron chi connectivity index (χ1n) is 19.7. The summed E-state index contributed by atoms with van der Waals surface area (Å²) in [5.74, 6) is 2.44. The molecule has 0 fully saturated rings. The molecule has 0 spiro atoms. The Labute approximate surface area is 361 Å². The maximum Gasteiger partial charge on any atom is 0.350 e. The van der Waals surface area contributed by atoms with Crippen LogP contribution >= 0.6 is 0 Å². The van der Waals surface area contributed by atoms with Gasteiger partial charge in [-0.3, -0.25) is 0 Å². The standard InChI is InChI=1S/C42H47N18O3/c1-55-17-7-3-11-37(55)49-43-32-45-52-40-14-6-10-20-58(40)25-28-63-36-16-22-60(42(30-36)54-48-33-44-50-38-12-4-8-18-56(38)2)31-35-15-21-59(24-27-62)41(29-35)53-47-34-46-51-39-13-5-9-19-57(39)23-26-61/h3-22,29-30,32-34,61-62H,23-28,31H2,1-2H3/q+3. The molecule has 6 aromatic rings. The summed E-state index contributed by atoms with van der Waals surface area (Å²) in [6.45, 7) is 1.70. The van der Waals surface area contributed by atoms with E-state index in [1.54, 1.807) is 27.5 Å². The molecule has 0 aliphatic rings. The summed E-state index contributed by atoms with van der Waals surface area (Å²) in [5, 5.41) is 69.2. The molecule has 2 N–H and O–H groups in total. The van der Waals surface area contributed by atoms with E-state index >= 15 is 0 Å². The highest BCUT2D eigenvalue weighted by molar-refractivity contribution is 5.55. The fourth-order valence-electron chi connectivity index (χ4n) is 5.72. The quantitative estimate of drug-likeness (QED) is 0.0413. The lowest BCUT2D eigenvalue weighted by Gasteiger charge is -2.12. The number of rotatable bonds is 19. The normalized spacial score (nSPS) is 13.1. The summed E-state index contributed by atoms with van der Waals surface area (Å²) in [7, 11) is 3.76. The van der Waals surface area contributed by atoms with Crippen LogP contribution in [0, 0.1) is 0 Å². The van der Waals surface area contributed by atoms with Crippen molar-refractivity contribution in [3.05, 3.63) is 156 Å². The molecular weight excluding hydrogens is 805 g/mol. The molecule has 21 nitrogen and oxygen atoms in total. The molecule has 21 heteroatoms. The lowest BCUT2D eigenvalue weighted by molar-refractivity contribution is -0.685. The molecule has 0 aliphatic carbocycles. The summed E-state index contributed by atoms with van der Waals surface area (Å²) in [6.07, 6.45) is 14.9. The smallest absolute Gasteiger partial charge is 0.350 e. The van der Waals surface area contributed by atoms with E-state index in [1.165, 1.54) is 19.0 Å². The van der Waals surface area contributed by atoms with Crippen LogP contribution in [0.25, 0.3) is 0 Å². The number of aliphatic hydroxyl groups excluding tert-OH is 2. The van der Waals surface area contributed by atoms with Crippen LogP contribution in [0.2, 0.25) is 0 Å². The molecule has 320 valence electrons. The van der Waals surface area contributed by atoms with Crippen molar-refractivity contribution >= 4 is 36.5 Å². The minimum atomic E-state index is -0.0974. The molecule has 6 aromatic heterocycles. The van der Waals surface area contributed by atoms with Gasteiger partial charge in [-0.2, -0.15) is 0 Å². The van der Waals surface area contributed by atoms with E-state index in [4.69, 9.17) is 4.74 Å². The zero-order chi connectivity index (χ0) is 43.9. The zero-order valence-corrected chi connectivity index (χ0v) is 34.7. The Balaban J connectivity index is 1.20. The Kier molecular flexibility index (Phi) is 17.0. The monoisotopic (exact) mass is 851 g/mol. The van der Waals surface area contributed by atoms with Gasteiger partial charge in [0.1, 0.15) is 18.9 Å². The van der Waals surface area contributed by atoms with Crippen LogP contribution < -0.4 is 34.9 Å². The number of azo groups is 3. The summed E-state index contributed by atoms with van der Waals surface area (Å²) in [6, 6.07) is 29.7. The summed E-state index contributed by atoms with van der Waals surface area (Å²) in [5.41, 5.74) is 2.42. The van der Waals surface area contributed by atoms with Crippen molar-refractivity contribution in [2.24, 2.45) is 75.4 Å². The van der Waals surface area contributed by atoms with Gasteiger partial charge in [0.25, 0.3) is 0 Å². The Morgan fingerprint density at radius 1 is 0.556 bits per heavy atom. The third-order valence-electron chi connectivity index (χ3n) is 8.86. The zero-order valence-electron chi connectivity index (χ0n) is 34.7. The minimum Gasteiger partial charge on any atom is -0.492 e. The van der Waals surface area contributed by atoms with Crippen LogP contribution in [0.3, 0.4) is 0 Å². The van der Waals surface area contributed by atoms with Gasteiger partial charge < -0.3 is 28.7 Å². The van der Waals surface area contributed by atoms with Gasteiger partial charge in [-0.15, -0.1) is 30.6 Å². The predicted molar refractivity (Wildman–Crippen MR) is 230 cm³/mol. The first-order chi connectivity index (χ1) is 31.0. The Morgan fingerprint density at radius 3 is 1.78 bits per heavy atom. The highest BCUT2D eigenvalue weighted by Gasteiger charge is 2.08. The number of aromatic nitrogens is 6. The summed E-state index contributed by atoms with van der Waals surface area (Å²) >= 11 is 0. The van der Waals surface area contributed by atoms with Gasteiger partial charge in [0.15, 0.2) is 35.5 Å². The van der Waals surface area contributed by atoms with Crippen LogP contribution in [0.15, 0.2) is 196 Å². The molecule has 0 radical (unpaired) electrons. The first kappa shape index (κ1) is 44.4. The molecule has 0 atom stereocenters. The lowest BCUT2D eigenvalue weighted by Crippen LogP contribution is -2.35. The van der Waals surface area contributed by atoms with E-state index in [1.807, 2.05) is 148 Å². The molecule has 63 heavy (non-hydrogen) atoms. The number of pyridine rings is 6. The number of ether oxygens (including phenoxy) is 1. The van der Waals surface area contributed by atoms with E-state index in [9.17, 15) is 10.2 Å². The van der Waals surface area contributed by atoms with Crippen molar-refractivity contribution in [1.29, 1.82) is 0 Å². The van der Waals surface area contributed by atoms with Crippen LogP contribution in [0.4, 0.5) is 17.5 Å². The van der Waals surface area contributed by atoms with E-state index in [0.29, 0.717) is 72.5 Å². The summed E-state index contributed by atoms with van der Waals surface area (Å²) < 4.78 is 17.2. The second-order valence-corrected chi connectivity index (χ2v) is 13.2. The number of aryl methyl sites for hydroxylation is 2. The van der Waals surface area contributed by atoms with Crippen molar-refractivity contribution in [2.75, 3.05) is 19.8 Å². The third kappa shape index (κ3) is 13.9. The average molecular weight is 852 g/mol. The first-order valence-corrected chi connectivity index (χ1v) is 19.7. The van der Waals surface area contributed by atoms with Crippen molar-refractivity contribution < 1.29 is 28.7 Å². The van der Waals surface area contributed by atoms with E-state index in [-0.39, 0.29) is 13.2 Å². The van der Waals surface area contributed by atoms with Crippen LogP contribution in [0.1, 0.15) is 5.56 Å². The van der Waals surface area contributed by atoms with Gasteiger partial charge in [0, 0.05) is 55.9 Å². The lowest BCUT2D eigenvalue weighted by atomic mass is 10.2. The number of hydrogen-bond donors (Lipinski definition) is 2. The maximum absolute atomic E-state index is 9.72. The second-order valence-electron chi connectivity index (χ2n) is 13.2. The fraction of sp³-hybridized carbons (Fsp3) is 0.214. The van der Waals surface area contributed by atoms with Crippen LogP contribution in [-0.4, -0.2) is 62.8 Å².